The molecule has 1 amide bonds. The van der Waals surface area contributed by atoms with Gasteiger partial charge in [-0.25, -0.2) is 9.78 Å². The number of carbonyl (C=O) groups is 1. The first kappa shape index (κ1) is 21.7. The lowest BCUT2D eigenvalue weighted by molar-refractivity contribution is -0.137. The fourth-order valence-corrected chi connectivity index (χ4v) is 4.49. The first-order valence-corrected chi connectivity index (χ1v) is 10.5. The van der Waals surface area contributed by atoms with E-state index in [0.29, 0.717) is 35.0 Å². The van der Waals surface area contributed by atoms with Crippen LogP contribution in [0.2, 0.25) is 0 Å². The zero-order valence-corrected chi connectivity index (χ0v) is 17.9. The van der Waals surface area contributed by atoms with Crippen molar-refractivity contribution in [1.82, 2.24) is 9.88 Å². The molecule has 1 aromatic heterocycles. The summed E-state index contributed by atoms with van der Waals surface area (Å²) in [6, 6.07) is 3.69. The van der Waals surface area contributed by atoms with Gasteiger partial charge in [-0.05, 0) is 45.4 Å². The molecular formula is C20H26F3N3O2S. The summed E-state index contributed by atoms with van der Waals surface area (Å²) in [5.41, 5.74) is -0.666. The van der Waals surface area contributed by atoms with Gasteiger partial charge in [0.15, 0.2) is 5.13 Å². The van der Waals surface area contributed by atoms with E-state index >= 15 is 0 Å². The minimum Gasteiger partial charge on any atom is -0.444 e. The van der Waals surface area contributed by atoms with Crippen LogP contribution in [0.1, 0.15) is 46.1 Å². The highest BCUT2D eigenvalue weighted by molar-refractivity contribution is 7.22. The zero-order valence-electron chi connectivity index (χ0n) is 17.0. The number of nitrogens with zero attached hydrogens (tertiary/aromatic N) is 3. The largest absolute Gasteiger partial charge is 0.444 e. The molecule has 1 aromatic carbocycles. The van der Waals surface area contributed by atoms with Crippen molar-refractivity contribution in [2.45, 2.75) is 58.4 Å². The highest BCUT2D eigenvalue weighted by Crippen LogP contribution is 2.36. The van der Waals surface area contributed by atoms with Crippen molar-refractivity contribution in [2.24, 2.45) is 0 Å². The first-order chi connectivity index (χ1) is 13.5. The summed E-state index contributed by atoms with van der Waals surface area (Å²) in [5, 5.41) is 0.696. The van der Waals surface area contributed by atoms with E-state index in [1.165, 1.54) is 17.4 Å². The topological polar surface area (TPSA) is 45.7 Å². The summed E-state index contributed by atoms with van der Waals surface area (Å²) in [6.45, 7) is 9.13. The number of amides is 1. The van der Waals surface area contributed by atoms with Crippen molar-refractivity contribution in [1.29, 1.82) is 0 Å². The molecule has 9 heteroatoms. The Kier molecular flexibility index (Phi) is 5.98. The molecule has 0 radical (unpaired) electrons. The van der Waals surface area contributed by atoms with Gasteiger partial charge in [-0.2, -0.15) is 13.2 Å². The quantitative estimate of drug-likeness (QED) is 0.643. The third kappa shape index (κ3) is 5.12. The monoisotopic (exact) mass is 429 g/mol. The van der Waals surface area contributed by atoms with Gasteiger partial charge in [0, 0.05) is 25.7 Å². The van der Waals surface area contributed by atoms with E-state index < -0.39 is 17.3 Å². The number of thiazole rings is 1. The molecule has 1 aliphatic heterocycles. The molecule has 1 saturated heterocycles. The van der Waals surface area contributed by atoms with Gasteiger partial charge in [0.2, 0.25) is 0 Å². The average Bonchev–Trinajstić information content (AvgIpc) is 3.02. The minimum atomic E-state index is -4.37. The molecule has 1 atom stereocenters. The van der Waals surface area contributed by atoms with Gasteiger partial charge >= 0.3 is 12.3 Å². The SMILES string of the molecule is CCC[C@H]1CN(C(=O)OC(C)(C)C)CCN1c1nc2ccc(C(F)(F)F)cc2s1. The molecule has 0 aliphatic carbocycles. The van der Waals surface area contributed by atoms with Gasteiger partial charge in [-0.3, -0.25) is 0 Å². The van der Waals surface area contributed by atoms with Crippen molar-refractivity contribution in [3.63, 3.8) is 0 Å². The Morgan fingerprint density at radius 2 is 2.00 bits per heavy atom. The smallest absolute Gasteiger partial charge is 0.416 e. The molecule has 0 saturated carbocycles. The van der Waals surface area contributed by atoms with Crippen LogP contribution in [0.15, 0.2) is 18.2 Å². The van der Waals surface area contributed by atoms with Crippen molar-refractivity contribution in [2.75, 3.05) is 24.5 Å². The number of alkyl halides is 3. The molecule has 0 bridgehead atoms. The Morgan fingerprint density at radius 1 is 1.28 bits per heavy atom. The van der Waals surface area contributed by atoms with Gasteiger partial charge in [0.25, 0.3) is 0 Å². The normalized spacial score (nSPS) is 18.4. The van der Waals surface area contributed by atoms with Gasteiger partial charge in [-0.1, -0.05) is 24.7 Å². The number of aromatic nitrogens is 1. The molecule has 5 nitrogen and oxygen atoms in total. The molecular weight excluding hydrogens is 403 g/mol. The van der Waals surface area contributed by atoms with Crippen molar-refractivity contribution in [3.8, 4) is 0 Å². The molecule has 1 fully saturated rings. The standard InChI is InChI=1S/C20H26F3N3O2S/c1-5-6-14-12-25(18(27)28-19(2,3)4)9-10-26(14)17-24-15-8-7-13(20(21,22)23)11-16(15)29-17/h7-8,11,14H,5-6,9-10,12H2,1-4H3/t14-/m0/s1. The van der Waals surface area contributed by atoms with Crippen LogP contribution >= 0.6 is 11.3 Å². The summed E-state index contributed by atoms with van der Waals surface area (Å²) in [5.74, 6) is 0. The number of fused-ring (bicyclic) bond motifs is 1. The van der Waals surface area contributed by atoms with E-state index in [2.05, 4.69) is 16.8 Å². The van der Waals surface area contributed by atoms with E-state index in [1.807, 2.05) is 20.8 Å². The van der Waals surface area contributed by atoms with Crippen LogP contribution in [0.4, 0.5) is 23.1 Å². The number of carbonyl (C=O) groups excluding carboxylic acids is 1. The van der Waals surface area contributed by atoms with Gasteiger partial charge in [-0.15, -0.1) is 0 Å². The molecule has 1 aliphatic rings. The number of hydrogen-bond donors (Lipinski definition) is 0. The maximum absolute atomic E-state index is 13.0. The number of ether oxygens (including phenoxy) is 1. The van der Waals surface area contributed by atoms with E-state index in [0.717, 1.165) is 25.0 Å². The fourth-order valence-electron chi connectivity index (χ4n) is 3.39. The maximum atomic E-state index is 13.0. The Morgan fingerprint density at radius 3 is 2.62 bits per heavy atom. The van der Waals surface area contributed by atoms with Crippen LogP contribution in [-0.2, 0) is 10.9 Å². The van der Waals surface area contributed by atoms with E-state index in [4.69, 9.17) is 4.74 Å². The van der Waals surface area contributed by atoms with Gasteiger partial charge < -0.3 is 14.5 Å². The molecule has 2 heterocycles. The van der Waals surface area contributed by atoms with Crippen LogP contribution in [0, 0.1) is 0 Å². The lowest BCUT2D eigenvalue weighted by atomic mass is 10.1. The van der Waals surface area contributed by atoms with E-state index in [1.54, 1.807) is 4.90 Å². The second-order valence-corrected chi connectivity index (χ2v) is 9.25. The third-order valence-corrected chi connectivity index (χ3v) is 5.76. The molecule has 0 spiro atoms. The van der Waals surface area contributed by atoms with Crippen molar-refractivity contribution >= 4 is 32.8 Å². The summed E-state index contributed by atoms with van der Waals surface area (Å²) < 4.78 is 45.0. The lowest BCUT2D eigenvalue weighted by Crippen LogP contribution is -2.55. The van der Waals surface area contributed by atoms with Gasteiger partial charge in [0.1, 0.15) is 5.60 Å². The third-order valence-electron chi connectivity index (χ3n) is 4.71. The number of benzene rings is 1. The molecule has 160 valence electrons. The minimum absolute atomic E-state index is 0.0453. The number of halogens is 3. The maximum Gasteiger partial charge on any atom is 0.416 e. The van der Waals surface area contributed by atoms with Crippen molar-refractivity contribution in [3.05, 3.63) is 23.8 Å². The fraction of sp³-hybridized carbons (Fsp3) is 0.600. The molecule has 2 aromatic rings. The van der Waals surface area contributed by atoms with Crippen LogP contribution in [0.3, 0.4) is 0 Å². The van der Waals surface area contributed by atoms with Crippen LogP contribution in [0.25, 0.3) is 10.2 Å². The lowest BCUT2D eigenvalue weighted by Gasteiger charge is -2.41. The highest BCUT2D eigenvalue weighted by Gasteiger charge is 2.34. The highest BCUT2D eigenvalue weighted by atomic mass is 32.1. The average molecular weight is 430 g/mol. The predicted octanol–water partition coefficient (Wildman–Crippen LogP) is 5.54. The van der Waals surface area contributed by atoms with Crippen molar-refractivity contribution < 1.29 is 22.7 Å². The summed E-state index contributed by atoms with van der Waals surface area (Å²) in [6.07, 6.45) is -2.94. The first-order valence-electron chi connectivity index (χ1n) is 9.70. The summed E-state index contributed by atoms with van der Waals surface area (Å²) >= 11 is 1.26. The summed E-state index contributed by atoms with van der Waals surface area (Å²) in [7, 11) is 0. The Hall–Kier alpha value is -2.03. The zero-order chi connectivity index (χ0) is 21.4. The van der Waals surface area contributed by atoms with Crippen LogP contribution < -0.4 is 4.90 Å². The summed E-state index contributed by atoms with van der Waals surface area (Å²) in [4.78, 5) is 20.8. The van der Waals surface area contributed by atoms with Crippen LogP contribution in [0.5, 0.6) is 0 Å². The number of piperazine rings is 1. The number of hydrogen-bond acceptors (Lipinski definition) is 5. The second kappa shape index (κ2) is 8.01. The van der Waals surface area contributed by atoms with E-state index in [9.17, 15) is 18.0 Å². The Bertz CT molecular complexity index is 876. The Labute approximate surface area is 172 Å². The second-order valence-electron chi connectivity index (χ2n) is 8.24. The molecule has 29 heavy (non-hydrogen) atoms. The molecule has 0 unspecified atom stereocenters. The van der Waals surface area contributed by atoms with E-state index in [-0.39, 0.29) is 12.1 Å². The molecule has 3 rings (SSSR count). The predicted molar refractivity (Wildman–Crippen MR) is 108 cm³/mol. The van der Waals surface area contributed by atoms with Crippen LogP contribution in [-0.4, -0.2) is 47.3 Å². The number of anilines is 1. The molecule has 0 N–H and O–H groups in total. The van der Waals surface area contributed by atoms with Gasteiger partial charge in [0.05, 0.1) is 15.8 Å². The Balaban J connectivity index is 1.81. The number of rotatable bonds is 3.